The number of ketones is 1. The second kappa shape index (κ2) is 8.37. The largest absolute Gasteiger partial charge is 0.334 e. The maximum absolute atomic E-state index is 12.7. The Balaban J connectivity index is 1.45. The zero-order valence-corrected chi connectivity index (χ0v) is 16.4. The molecule has 1 aliphatic rings. The second-order valence-electron chi connectivity index (χ2n) is 7.74. The van der Waals surface area contributed by atoms with E-state index in [4.69, 9.17) is 0 Å². The highest BCUT2D eigenvalue weighted by molar-refractivity contribution is 5.88. The van der Waals surface area contributed by atoms with E-state index >= 15 is 0 Å². The number of hydrogen-bond acceptors (Lipinski definition) is 4. The Morgan fingerprint density at radius 3 is 2.66 bits per heavy atom. The van der Waals surface area contributed by atoms with Crippen LogP contribution in [0.15, 0.2) is 43.0 Å². The monoisotopic (exact) mass is 398 g/mol. The molecule has 0 unspecified atom stereocenters. The van der Waals surface area contributed by atoms with Crippen molar-refractivity contribution < 1.29 is 13.6 Å². The minimum Gasteiger partial charge on any atom is -0.334 e. The summed E-state index contributed by atoms with van der Waals surface area (Å²) in [5.74, 6) is 0.0820. The van der Waals surface area contributed by atoms with Crippen LogP contribution in [-0.4, -0.2) is 51.3 Å². The summed E-state index contributed by atoms with van der Waals surface area (Å²) >= 11 is 0. The van der Waals surface area contributed by atoms with Gasteiger partial charge in [-0.3, -0.25) is 14.7 Å². The molecular formula is C22H24F2N4O. The van der Waals surface area contributed by atoms with Crippen molar-refractivity contribution in [2.24, 2.45) is 13.0 Å². The molecule has 1 fully saturated rings. The molecule has 7 heteroatoms. The van der Waals surface area contributed by atoms with Crippen LogP contribution in [0.1, 0.15) is 18.5 Å². The first kappa shape index (κ1) is 19.6. The number of piperidine rings is 1. The number of fused-ring (bicyclic) bond motifs is 1. The van der Waals surface area contributed by atoms with Crippen molar-refractivity contribution in [2.75, 3.05) is 19.6 Å². The van der Waals surface area contributed by atoms with Crippen LogP contribution in [0, 0.1) is 5.92 Å². The van der Waals surface area contributed by atoms with Gasteiger partial charge in [0.15, 0.2) is 0 Å². The molecule has 3 heterocycles. The Labute approximate surface area is 168 Å². The first-order chi connectivity index (χ1) is 14.0. The zero-order valence-electron chi connectivity index (χ0n) is 16.4. The quantitative estimate of drug-likeness (QED) is 0.635. The Bertz CT molecular complexity index is 1010. The Kier molecular flexibility index (Phi) is 5.67. The minimum atomic E-state index is -2.32. The van der Waals surface area contributed by atoms with Crippen molar-refractivity contribution in [1.29, 1.82) is 0 Å². The van der Waals surface area contributed by atoms with E-state index in [-0.39, 0.29) is 24.7 Å². The normalized spacial score (nSPS) is 16.0. The standard InChI is InChI=1S/C22H24F2N4O/c1-27-14-25-12-20(27)16-2-3-17-11-26-19(9-18(17)8-16)10-21(29)15-4-6-28(7-5-15)13-22(23)24/h2-3,8-9,11-12,14-15,22H,4-7,10,13H2,1H3. The lowest BCUT2D eigenvalue weighted by molar-refractivity contribution is -0.123. The van der Waals surface area contributed by atoms with Crippen LogP contribution in [0.25, 0.3) is 22.0 Å². The van der Waals surface area contributed by atoms with Gasteiger partial charge in [-0.15, -0.1) is 0 Å². The third-order valence-electron chi connectivity index (χ3n) is 5.69. The van der Waals surface area contributed by atoms with Crippen molar-refractivity contribution in [3.05, 3.63) is 48.7 Å². The van der Waals surface area contributed by atoms with Crippen molar-refractivity contribution in [1.82, 2.24) is 19.4 Å². The number of carbonyl (C=O) groups is 1. The van der Waals surface area contributed by atoms with E-state index in [1.807, 2.05) is 36.0 Å². The molecule has 0 amide bonds. The van der Waals surface area contributed by atoms with E-state index in [9.17, 15) is 13.6 Å². The maximum atomic E-state index is 12.7. The van der Waals surface area contributed by atoms with Crippen molar-refractivity contribution in [2.45, 2.75) is 25.7 Å². The topological polar surface area (TPSA) is 51.0 Å². The zero-order chi connectivity index (χ0) is 20.4. The van der Waals surface area contributed by atoms with Gasteiger partial charge in [0.25, 0.3) is 6.43 Å². The average Bonchev–Trinajstić information content (AvgIpc) is 3.13. The van der Waals surface area contributed by atoms with Gasteiger partial charge in [-0.2, -0.15) is 0 Å². The number of rotatable bonds is 6. The molecule has 0 saturated carbocycles. The number of likely N-dealkylation sites (tertiary alicyclic amines) is 1. The molecular weight excluding hydrogens is 374 g/mol. The number of hydrogen-bond donors (Lipinski definition) is 0. The lowest BCUT2D eigenvalue weighted by Gasteiger charge is -2.30. The molecule has 1 saturated heterocycles. The molecule has 0 N–H and O–H groups in total. The van der Waals surface area contributed by atoms with Crippen LogP contribution < -0.4 is 0 Å². The van der Waals surface area contributed by atoms with Crippen LogP contribution in [-0.2, 0) is 18.3 Å². The number of benzene rings is 1. The summed E-state index contributed by atoms with van der Waals surface area (Å²) in [5.41, 5.74) is 2.84. The molecule has 0 atom stereocenters. The van der Waals surface area contributed by atoms with Gasteiger partial charge >= 0.3 is 0 Å². The molecule has 0 spiro atoms. The molecule has 152 valence electrons. The molecule has 2 aromatic heterocycles. The molecule has 1 aromatic carbocycles. The van der Waals surface area contributed by atoms with Gasteiger partial charge in [0, 0.05) is 42.2 Å². The summed E-state index contributed by atoms with van der Waals surface area (Å²) < 4.78 is 27.0. The Morgan fingerprint density at radius 1 is 1.17 bits per heavy atom. The molecule has 0 bridgehead atoms. The van der Waals surface area contributed by atoms with Gasteiger partial charge in [-0.05, 0) is 43.5 Å². The minimum absolute atomic E-state index is 0.0674. The molecule has 3 aromatic rings. The number of aromatic nitrogens is 3. The number of pyridine rings is 1. The molecule has 4 rings (SSSR count). The lowest BCUT2D eigenvalue weighted by atomic mass is 9.90. The van der Waals surface area contributed by atoms with E-state index in [0.717, 1.165) is 27.7 Å². The van der Waals surface area contributed by atoms with E-state index in [0.29, 0.717) is 25.9 Å². The van der Waals surface area contributed by atoms with E-state index < -0.39 is 6.43 Å². The van der Waals surface area contributed by atoms with Gasteiger partial charge in [-0.25, -0.2) is 13.8 Å². The fraction of sp³-hybridized carbons (Fsp3) is 0.409. The van der Waals surface area contributed by atoms with Crippen LogP contribution in [0.3, 0.4) is 0 Å². The van der Waals surface area contributed by atoms with Gasteiger partial charge in [0.2, 0.25) is 0 Å². The Hall–Kier alpha value is -2.67. The van der Waals surface area contributed by atoms with Crippen LogP contribution >= 0.6 is 0 Å². The van der Waals surface area contributed by atoms with Crippen molar-refractivity contribution in [3.63, 3.8) is 0 Å². The van der Waals surface area contributed by atoms with Crippen LogP contribution in [0.4, 0.5) is 8.78 Å². The number of alkyl halides is 2. The summed E-state index contributed by atoms with van der Waals surface area (Å²) in [7, 11) is 1.95. The lowest BCUT2D eigenvalue weighted by Crippen LogP contribution is -2.39. The number of imidazole rings is 1. The third-order valence-corrected chi connectivity index (χ3v) is 5.69. The van der Waals surface area contributed by atoms with Gasteiger partial charge < -0.3 is 4.57 Å². The Morgan fingerprint density at radius 2 is 1.97 bits per heavy atom. The molecule has 0 radical (unpaired) electrons. The van der Waals surface area contributed by atoms with E-state index in [2.05, 4.69) is 16.0 Å². The summed E-state index contributed by atoms with van der Waals surface area (Å²) in [6, 6.07) is 8.12. The molecule has 1 aliphatic heterocycles. The predicted molar refractivity (Wildman–Crippen MR) is 108 cm³/mol. The second-order valence-corrected chi connectivity index (χ2v) is 7.74. The summed E-state index contributed by atoms with van der Waals surface area (Å²) in [6.07, 6.45) is 4.64. The fourth-order valence-corrected chi connectivity index (χ4v) is 4.03. The van der Waals surface area contributed by atoms with E-state index in [1.54, 1.807) is 17.4 Å². The first-order valence-corrected chi connectivity index (χ1v) is 9.88. The van der Waals surface area contributed by atoms with Gasteiger partial charge in [0.05, 0.1) is 24.8 Å². The smallest absolute Gasteiger partial charge is 0.251 e. The summed E-state index contributed by atoms with van der Waals surface area (Å²) in [6.45, 7) is 0.909. The predicted octanol–water partition coefficient (Wildman–Crippen LogP) is 3.72. The number of carbonyl (C=O) groups excluding carboxylic acids is 1. The highest BCUT2D eigenvalue weighted by Gasteiger charge is 2.26. The number of nitrogens with zero attached hydrogens (tertiary/aromatic N) is 4. The van der Waals surface area contributed by atoms with Gasteiger partial charge in [-0.1, -0.05) is 12.1 Å². The maximum Gasteiger partial charge on any atom is 0.251 e. The van der Waals surface area contributed by atoms with Crippen LogP contribution in [0.2, 0.25) is 0 Å². The van der Waals surface area contributed by atoms with Crippen LogP contribution in [0.5, 0.6) is 0 Å². The molecule has 5 nitrogen and oxygen atoms in total. The van der Waals surface area contributed by atoms with Crippen molar-refractivity contribution in [3.8, 4) is 11.3 Å². The summed E-state index contributed by atoms with van der Waals surface area (Å²) in [5, 5.41) is 2.06. The first-order valence-electron chi connectivity index (χ1n) is 9.88. The van der Waals surface area contributed by atoms with E-state index in [1.165, 1.54) is 0 Å². The van der Waals surface area contributed by atoms with Gasteiger partial charge in [0.1, 0.15) is 5.78 Å². The van der Waals surface area contributed by atoms with Crippen molar-refractivity contribution >= 4 is 16.6 Å². The molecule has 29 heavy (non-hydrogen) atoms. The SMILES string of the molecule is Cn1cncc1-c1ccc2cnc(CC(=O)C3CCN(CC(F)F)CC3)cc2c1. The number of Topliss-reactive ketones (excluding diaryl/α,β-unsaturated/α-hetero) is 1. The average molecular weight is 398 g/mol. The number of aryl methyl sites for hydroxylation is 1. The number of halogens is 2. The molecule has 0 aliphatic carbocycles. The highest BCUT2D eigenvalue weighted by Crippen LogP contribution is 2.25. The fourth-order valence-electron chi connectivity index (χ4n) is 4.03. The third kappa shape index (κ3) is 4.50. The summed E-state index contributed by atoms with van der Waals surface area (Å²) in [4.78, 5) is 23.1. The highest BCUT2D eigenvalue weighted by atomic mass is 19.3.